The molecule has 6 heteroatoms. The molecular formula is C24H29N4O2+. The molecule has 1 fully saturated rings. The van der Waals surface area contributed by atoms with Gasteiger partial charge < -0.3 is 24.4 Å². The zero-order chi connectivity index (χ0) is 20.5. The van der Waals surface area contributed by atoms with Gasteiger partial charge in [-0.2, -0.15) is 0 Å². The quantitative estimate of drug-likeness (QED) is 0.691. The lowest BCUT2D eigenvalue weighted by atomic mass is 10.0. The van der Waals surface area contributed by atoms with Crippen molar-refractivity contribution in [3.63, 3.8) is 0 Å². The van der Waals surface area contributed by atoms with Crippen LogP contribution < -0.4 is 14.5 Å². The molecule has 0 bridgehead atoms. The van der Waals surface area contributed by atoms with Crippen LogP contribution in [0.15, 0.2) is 48.5 Å². The highest BCUT2D eigenvalue weighted by atomic mass is 16.5. The average molecular weight is 406 g/mol. The van der Waals surface area contributed by atoms with Crippen molar-refractivity contribution in [3.05, 3.63) is 59.8 Å². The summed E-state index contributed by atoms with van der Waals surface area (Å²) in [7, 11) is 1.72. The third-order valence-corrected chi connectivity index (χ3v) is 6.53. The monoisotopic (exact) mass is 405 g/mol. The van der Waals surface area contributed by atoms with Gasteiger partial charge in [-0.15, -0.1) is 0 Å². The summed E-state index contributed by atoms with van der Waals surface area (Å²) in [5.41, 5.74) is 4.90. The number of nitrogens with zero attached hydrogens (tertiary/aromatic N) is 2. The predicted molar refractivity (Wildman–Crippen MR) is 118 cm³/mol. The molecule has 5 rings (SSSR count). The molecule has 2 aromatic carbocycles. The molecule has 0 radical (unpaired) electrons. The number of amides is 1. The van der Waals surface area contributed by atoms with Gasteiger partial charge in [0, 0.05) is 41.7 Å². The van der Waals surface area contributed by atoms with Crippen molar-refractivity contribution in [2.45, 2.75) is 13.0 Å². The Morgan fingerprint density at radius 3 is 2.67 bits per heavy atom. The van der Waals surface area contributed by atoms with Crippen LogP contribution in [0, 0.1) is 0 Å². The third kappa shape index (κ3) is 3.52. The van der Waals surface area contributed by atoms with Crippen LogP contribution in [0.5, 0.6) is 5.75 Å². The summed E-state index contributed by atoms with van der Waals surface area (Å²) in [6.45, 7) is 5.92. The topological polar surface area (TPSA) is 53.0 Å². The van der Waals surface area contributed by atoms with Gasteiger partial charge in [0.15, 0.2) is 6.54 Å². The normalized spacial score (nSPS) is 17.2. The van der Waals surface area contributed by atoms with Crippen LogP contribution in [-0.2, 0) is 17.8 Å². The Labute approximate surface area is 177 Å². The van der Waals surface area contributed by atoms with Crippen molar-refractivity contribution in [1.82, 2.24) is 9.88 Å². The number of benzene rings is 2. The molecule has 6 nitrogen and oxygen atoms in total. The number of fused-ring (bicyclic) bond motifs is 3. The van der Waals surface area contributed by atoms with Gasteiger partial charge in [-0.3, -0.25) is 4.79 Å². The minimum Gasteiger partial charge on any atom is -0.495 e. The van der Waals surface area contributed by atoms with Crippen molar-refractivity contribution in [2.24, 2.45) is 0 Å². The molecule has 2 N–H and O–H groups in total. The second kappa shape index (κ2) is 8.03. The van der Waals surface area contributed by atoms with E-state index in [1.807, 2.05) is 17.0 Å². The first kappa shape index (κ1) is 19.0. The van der Waals surface area contributed by atoms with Crippen LogP contribution in [0.3, 0.4) is 0 Å². The predicted octanol–water partition coefficient (Wildman–Crippen LogP) is 1.47. The van der Waals surface area contributed by atoms with Gasteiger partial charge in [0.25, 0.3) is 5.91 Å². The van der Waals surface area contributed by atoms with Crippen molar-refractivity contribution < 1.29 is 14.4 Å². The van der Waals surface area contributed by atoms with Gasteiger partial charge in [-0.05, 0) is 18.2 Å². The molecular weight excluding hydrogens is 376 g/mol. The molecule has 1 saturated heterocycles. The largest absolute Gasteiger partial charge is 0.495 e. The van der Waals surface area contributed by atoms with Crippen molar-refractivity contribution in [3.8, 4) is 5.75 Å². The van der Waals surface area contributed by atoms with E-state index in [0.717, 1.165) is 57.1 Å². The van der Waals surface area contributed by atoms with E-state index >= 15 is 0 Å². The van der Waals surface area contributed by atoms with Crippen LogP contribution >= 0.6 is 0 Å². The SMILES string of the molecule is COc1ccccc1N1CC[NH+](CC(=O)N2CCc3[nH]c4ccccc4c3C2)CC1. The smallest absolute Gasteiger partial charge is 0.278 e. The molecule has 156 valence electrons. The van der Waals surface area contributed by atoms with Crippen molar-refractivity contribution in [1.29, 1.82) is 0 Å². The molecule has 3 aromatic rings. The number of methoxy groups -OCH3 is 1. The maximum atomic E-state index is 13.0. The van der Waals surface area contributed by atoms with Gasteiger partial charge in [-0.1, -0.05) is 30.3 Å². The first-order valence-corrected chi connectivity index (χ1v) is 10.8. The Morgan fingerprint density at radius 2 is 1.83 bits per heavy atom. The molecule has 1 amide bonds. The molecule has 2 aliphatic rings. The second-order valence-electron chi connectivity index (χ2n) is 8.28. The van der Waals surface area contributed by atoms with Gasteiger partial charge in [-0.25, -0.2) is 0 Å². The van der Waals surface area contributed by atoms with Gasteiger partial charge in [0.1, 0.15) is 5.75 Å². The first-order chi connectivity index (χ1) is 14.7. The average Bonchev–Trinajstić information content (AvgIpc) is 3.17. The molecule has 2 aliphatic heterocycles. The number of aromatic nitrogens is 1. The van der Waals surface area contributed by atoms with Crippen molar-refractivity contribution >= 4 is 22.5 Å². The minimum atomic E-state index is 0.270. The number of carbonyl (C=O) groups excluding carboxylic acids is 1. The van der Waals surface area contributed by atoms with E-state index in [1.54, 1.807) is 7.11 Å². The molecule has 0 saturated carbocycles. The van der Waals surface area contributed by atoms with E-state index < -0.39 is 0 Å². The molecule has 0 aliphatic carbocycles. The Balaban J connectivity index is 1.20. The van der Waals surface area contributed by atoms with E-state index in [-0.39, 0.29) is 5.91 Å². The fourth-order valence-electron chi connectivity index (χ4n) is 4.84. The number of H-pyrrole nitrogens is 1. The standard InChI is InChI=1S/C24H28N4O2/c1-30-23-9-5-4-8-22(23)27-14-12-26(13-15-27)17-24(29)28-11-10-21-19(16-28)18-6-2-3-7-20(18)25-21/h2-9,25H,10-17H2,1H3/p+1. The Kier molecular flexibility index (Phi) is 5.09. The van der Waals surface area contributed by atoms with Crippen LogP contribution in [0.4, 0.5) is 5.69 Å². The molecule has 0 spiro atoms. The minimum absolute atomic E-state index is 0.270. The third-order valence-electron chi connectivity index (χ3n) is 6.53. The summed E-state index contributed by atoms with van der Waals surface area (Å²) in [6.07, 6.45) is 0.909. The van der Waals surface area contributed by atoms with Crippen LogP contribution in [0.1, 0.15) is 11.3 Å². The first-order valence-electron chi connectivity index (χ1n) is 10.8. The van der Waals surface area contributed by atoms with Crippen LogP contribution in [-0.4, -0.2) is 62.2 Å². The Hall–Kier alpha value is -2.99. The number of aromatic amines is 1. The van der Waals surface area contributed by atoms with E-state index in [1.165, 1.54) is 27.1 Å². The number of quaternary nitrogens is 1. The van der Waals surface area contributed by atoms with Crippen molar-refractivity contribution in [2.75, 3.05) is 51.3 Å². The summed E-state index contributed by atoms with van der Waals surface area (Å²) in [6, 6.07) is 16.6. The Bertz CT molecular complexity index is 1050. The highest BCUT2D eigenvalue weighted by molar-refractivity contribution is 5.86. The number of ether oxygens (including phenoxy) is 1. The fraction of sp³-hybridized carbons (Fsp3) is 0.375. The summed E-state index contributed by atoms with van der Waals surface area (Å²) >= 11 is 0. The zero-order valence-corrected chi connectivity index (χ0v) is 17.5. The van der Waals surface area contributed by atoms with E-state index in [0.29, 0.717) is 6.54 Å². The van der Waals surface area contributed by atoms with Crippen LogP contribution in [0.25, 0.3) is 10.9 Å². The maximum Gasteiger partial charge on any atom is 0.278 e. The second-order valence-corrected chi connectivity index (χ2v) is 8.28. The van der Waals surface area contributed by atoms with E-state index in [2.05, 4.69) is 46.3 Å². The molecule has 1 aromatic heterocycles. The molecule has 0 unspecified atom stereocenters. The lowest BCUT2D eigenvalue weighted by Crippen LogP contribution is -3.15. The number of anilines is 1. The number of hydrogen-bond acceptors (Lipinski definition) is 3. The lowest BCUT2D eigenvalue weighted by Gasteiger charge is -2.35. The number of carbonyl (C=O) groups is 1. The molecule has 0 atom stereocenters. The van der Waals surface area contributed by atoms with Gasteiger partial charge in [0.2, 0.25) is 0 Å². The zero-order valence-electron chi connectivity index (χ0n) is 17.5. The number of para-hydroxylation sites is 3. The summed E-state index contributed by atoms with van der Waals surface area (Å²) in [5, 5.41) is 1.25. The molecule has 3 heterocycles. The highest BCUT2D eigenvalue weighted by Crippen LogP contribution is 2.28. The molecule has 30 heavy (non-hydrogen) atoms. The van der Waals surface area contributed by atoms with Gasteiger partial charge >= 0.3 is 0 Å². The lowest BCUT2D eigenvalue weighted by molar-refractivity contribution is -0.892. The van der Waals surface area contributed by atoms with Crippen LogP contribution in [0.2, 0.25) is 0 Å². The van der Waals surface area contributed by atoms with E-state index in [4.69, 9.17) is 4.74 Å². The maximum absolute atomic E-state index is 13.0. The summed E-state index contributed by atoms with van der Waals surface area (Å²) < 4.78 is 5.51. The van der Waals surface area contributed by atoms with Gasteiger partial charge in [0.05, 0.1) is 39.0 Å². The highest BCUT2D eigenvalue weighted by Gasteiger charge is 2.28. The number of hydrogen-bond donors (Lipinski definition) is 2. The fourth-order valence-corrected chi connectivity index (χ4v) is 4.84. The summed E-state index contributed by atoms with van der Waals surface area (Å²) in [4.78, 5) is 22.4. The Morgan fingerprint density at radius 1 is 1.07 bits per heavy atom. The summed E-state index contributed by atoms with van der Waals surface area (Å²) in [5.74, 6) is 1.19. The number of rotatable bonds is 4. The van der Waals surface area contributed by atoms with E-state index in [9.17, 15) is 4.79 Å². The number of nitrogens with one attached hydrogen (secondary N) is 2. The number of piperazine rings is 1.